The van der Waals surface area contributed by atoms with Crippen molar-refractivity contribution in [1.29, 1.82) is 0 Å². The highest BCUT2D eigenvalue weighted by molar-refractivity contribution is 5.95. The van der Waals surface area contributed by atoms with Gasteiger partial charge in [-0.15, -0.1) is 0 Å². The van der Waals surface area contributed by atoms with Crippen LogP contribution in [0.2, 0.25) is 0 Å². The van der Waals surface area contributed by atoms with Crippen LogP contribution >= 0.6 is 0 Å². The summed E-state index contributed by atoms with van der Waals surface area (Å²) in [6, 6.07) is 8.81. The smallest absolute Gasteiger partial charge is 0.338 e. The minimum absolute atomic E-state index is 0.215. The van der Waals surface area contributed by atoms with Crippen LogP contribution in [-0.2, 0) is 9.53 Å². The van der Waals surface area contributed by atoms with Crippen LogP contribution in [0.3, 0.4) is 0 Å². The van der Waals surface area contributed by atoms with E-state index in [9.17, 15) is 14.0 Å². The molecule has 0 aliphatic rings. The molecule has 0 atom stereocenters. The van der Waals surface area contributed by atoms with Gasteiger partial charge in [-0.25, -0.2) is 9.18 Å². The Morgan fingerprint density at radius 3 is 2.40 bits per heavy atom. The van der Waals surface area contributed by atoms with E-state index < -0.39 is 24.3 Å². The number of anilines is 1. The highest BCUT2D eigenvalue weighted by Gasteiger charge is 2.14. The van der Waals surface area contributed by atoms with Crippen LogP contribution in [0.5, 0.6) is 11.5 Å². The first-order valence-electron chi connectivity index (χ1n) is 7.39. The molecule has 0 fully saturated rings. The molecule has 0 heterocycles. The zero-order valence-corrected chi connectivity index (χ0v) is 14.1. The second-order valence-corrected chi connectivity index (χ2v) is 5.16. The van der Waals surface area contributed by atoms with E-state index in [1.165, 1.54) is 32.4 Å². The summed E-state index contributed by atoms with van der Waals surface area (Å²) in [7, 11) is 2.93. The molecule has 0 spiro atoms. The van der Waals surface area contributed by atoms with E-state index in [1.807, 2.05) is 0 Å². The summed E-state index contributed by atoms with van der Waals surface area (Å²) in [6.07, 6.45) is 0. The van der Waals surface area contributed by atoms with Crippen molar-refractivity contribution in [2.75, 3.05) is 26.1 Å². The van der Waals surface area contributed by atoms with E-state index in [1.54, 1.807) is 25.1 Å². The number of halogens is 1. The first kappa shape index (κ1) is 18.3. The third-order valence-corrected chi connectivity index (χ3v) is 3.41. The monoisotopic (exact) mass is 347 g/mol. The lowest BCUT2D eigenvalue weighted by molar-refractivity contribution is -0.119. The molecule has 6 nitrogen and oxygen atoms in total. The minimum atomic E-state index is -0.689. The molecular formula is C18H18FNO5. The summed E-state index contributed by atoms with van der Waals surface area (Å²) < 4.78 is 28.6. The van der Waals surface area contributed by atoms with Gasteiger partial charge in [-0.2, -0.15) is 0 Å². The number of hydrogen-bond acceptors (Lipinski definition) is 5. The summed E-state index contributed by atoms with van der Waals surface area (Å²) in [5.74, 6) is -0.849. The lowest BCUT2D eigenvalue weighted by atomic mass is 10.2. The molecule has 2 aromatic carbocycles. The van der Waals surface area contributed by atoms with Gasteiger partial charge in [0.15, 0.2) is 18.1 Å². The van der Waals surface area contributed by atoms with Gasteiger partial charge in [0.25, 0.3) is 5.91 Å². The first-order chi connectivity index (χ1) is 11.9. The number of rotatable bonds is 6. The number of hydrogen-bond donors (Lipinski definition) is 1. The zero-order chi connectivity index (χ0) is 18.4. The number of ether oxygens (including phenoxy) is 3. The van der Waals surface area contributed by atoms with Gasteiger partial charge in [0, 0.05) is 5.69 Å². The fraction of sp³-hybridized carbons (Fsp3) is 0.222. The standard InChI is InChI=1S/C18H18FNO5/c1-11-4-6-13(9-14(11)19)20-17(21)10-25-18(22)12-5-7-15(23-2)16(8-12)24-3/h4-9H,10H2,1-3H3,(H,20,21). The molecule has 0 bridgehead atoms. The third kappa shape index (κ3) is 4.69. The highest BCUT2D eigenvalue weighted by atomic mass is 19.1. The van der Waals surface area contributed by atoms with Crippen LogP contribution in [0.15, 0.2) is 36.4 Å². The van der Waals surface area contributed by atoms with E-state index in [-0.39, 0.29) is 11.3 Å². The summed E-state index contributed by atoms with van der Waals surface area (Å²) in [5, 5.41) is 2.46. The SMILES string of the molecule is COc1ccc(C(=O)OCC(=O)Nc2ccc(C)c(F)c2)cc1OC. The van der Waals surface area contributed by atoms with Gasteiger partial charge in [0.05, 0.1) is 19.8 Å². The number of carbonyl (C=O) groups excluding carboxylic acids is 2. The normalized spacial score (nSPS) is 10.1. The number of esters is 1. The van der Waals surface area contributed by atoms with Crippen LogP contribution in [0.1, 0.15) is 15.9 Å². The predicted molar refractivity (Wildman–Crippen MR) is 89.6 cm³/mol. The quantitative estimate of drug-likeness (QED) is 0.813. The van der Waals surface area contributed by atoms with Crippen molar-refractivity contribution in [1.82, 2.24) is 0 Å². The fourth-order valence-electron chi connectivity index (χ4n) is 2.05. The second-order valence-electron chi connectivity index (χ2n) is 5.16. The Morgan fingerprint density at radius 1 is 1.04 bits per heavy atom. The Morgan fingerprint density at radius 2 is 1.76 bits per heavy atom. The van der Waals surface area contributed by atoms with Crippen LogP contribution in [0, 0.1) is 12.7 Å². The molecule has 1 amide bonds. The van der Waals surface area contributed by atoms with Gasteiger partial charge in [-0.05, 0) is 42.8 Å². The Kier molecular flexibility index (Phi) is 5.94. The molecule has 2 rings (SSSR count). The van der Waals surface area contributed by atoms with Gasteiger partial charge in [0.2, 0.25) is 0 Å². The molecule has 2 aromatic rings. The number of carbonyl (C=O) groups is 2. The summed E-state index contributed by atoms with van der Waals surface area (Å²) in [5.41, 5.74) is 0.972. The zero-order valence-electron chi connectivity index (χ0n) is 14.1. The second kappa shape index (κ2) is 8.14. The van der Waals surface area contributed by atoms with Gasteiger partial charge in [-0.1, -0.05) is 6.07 Å². The van der Waals surface area contributed by atoms with E-state index in [4.69, 9.17) is 14.2 Å². The number of nitrogens with one attached hydrogen (secondary N) is 1. The van der Waals surface area contributed by atoms with Crippen LogP contribution in [0.4, 0.5) is 10.1 Å². The van der Waals surface area contributed by atoms with Crippen LogP contribution in [0.25, 0.3) is 0 Å². The molecular weight excluding hydrogens is 329 g/mol. The van der Waals surface area contributed by atoms with Crippen LogP contribution in [-0.4, -0.2) is 32.7 Å². The van der Waals surface area contributed by atoms with Crippen molar-refractivity contribution in [3.63, 3.8) is 0 Å². The van der Waals surface area contributed by atoms with E-state index in [0.29, 0.717) is 17.1 Å². The van der Waals surface area contributed by atoms with E-state index in [0.717, 1.165) is 0 Å². The summed E-state index contributed by atoms with van der Waals surface area (Å²) in [6.45, 7) is 1.12. The molecule has 0 saturated heterocycles. The number of benzene rings is 2. The van der Waals surface area contributed by atoms with Gasteiger partial charge >= 0.3 is 5.97 Å². The molecule has 7 heteroatoms. The average molecular weight is 347 g/mol. The maximum absolute atomic E-state index is 13.4. The van der Waals surface area contributed by atoms with Crippen molar-refractivity contribution < 1.29 is 28.2 Å². The Bertz CT molecular complexity index is 791. The Labute approximate surface area is 144 Å². The van der Waals surface area contributed by atoms with Gasteiger partial charge in [-0.3, -0.25) is 4.79 Å². The number of aryl methyl sites for hydroxylation is 1. The summed E-state index contributed by atoms with van der Waals surface area (Å²) >= 11 is 0. The van der Waals surface area contributed by atoms with E-state index >= 15 is 0 Å². The van der Waals surface area contributed by atoms with Crippen molar-refractivity contribution in [3.05, 3.63) is 53.3 Å². The molecule has 0 aromatic heterocycles. The molecule has 0 radical (unpaired) electrons. The molecule has 0 aliphatic carbocycles. The average Bonchev–Trinajstić information content (AvgIpc) is 2.62. The first-order valence-corrected chi connectivity index (χ1v) is 7.39. The third-order valence-electron chi connectivity index (χ3n) is 3.41. The molecule has 25 heavy (non-hydrogen) atoms. The molecule has 1 N–H and O–H groups in total. The summed E-state index contributed by atoms with van der Waals surface area (Å²) in [4.78, 5) is 23.8. The number of amides is 1. The lowest BCUT2D eigenvalue weighted by Gasteiger charge is -2.10. The van der Waals surface area contributed by atoms with Crippen molar-refractivity contribution in [2.45, 2.75) is 6.92 Å². The molecule has 0 unspecified atom stereocenters. The molecule has 0 aliphatic heterocycles. The molecule has 0 saturated carbocycles. The fourth-order valence-corrected chi connectivity index (χ4v) is 2.05. The Hall–Kier alpha value is -3.09. The topological polar surface area (TPSA) is 73.9 Å². The van der Waals surface area contributed by atoms with Crippen LogP contribution < -0.4 is 14.8 Å². The molecule has 132 valence electrons. The van der Waals surface area contributed by atoms with Crippen molar-refractivity contribution >= 4 is 17.6 Å². The van der Waals surface area contributed by atoms with Gasteiger partial charge < -0.3 is 19.5 Å². The van der Waals surface area contributed by atoms with Crippen molar-refractivity contribution in [3.8, 4) is 11.5 Å². The number of methoxy groups -OCH3 is 2. The largest absolute Gasteiger partial charge is 0.493 e. The highest BCUT2D eigenvalue weighted by Crippen LogP contribution is 2.27. The minimum Gasteiger partial charge on any atom is -0.493 e. The van der Waals surface area contributed by atoms with Crippen molar-refractivity contribution in [2.24, 2.45) is 0 Å². The van der Waals surface area contributed by atoms with Gasteiger partial charge in [0.1, 0.15) is 5.82 Å². The Balaban J connectivity index is 1.94. The lowest BCUT2D eigenvalue weighted by Crippen LogP contribution is -2.21. The maximum Gasteiger partial charge on any atom is 0.338 e. The maximum atomic E-state index is 13.4. The van der Waals surface area contributed by atoms with E-state index in [2.05, 4.69) is 5.32 Å². The predicted octanol–water partition coefficient (Wildman–Crippen LogP) is 2.95.